The van der Waals surface area contributed by atoms with E-state index in [0.717, 1.165) is 17.9 Å². The van der Waals surface area contributed by atoms with Gasteiger partial charge in [-0.1, -0.05) is 11.6 Å². The molecule has 3 rings (SSSR count). The lowest BCUT2D eigenvalue weighted by Gasteiger charge is -2.01. The Morgan fingerprint density at radius 1 is 1.28 bits per heavy atom. The molecule has 0 radical (unpaired) electrons. The fraction of sp³-hybridized carbons (Fsp3) is 0.286. The van der Waals surface area contributed by atoms with E-state index in [-0.39, 0.29) is 5.82 Å². The van der Waals surface area contributed by atoms with E-state index in [1.807, 2.05) is 12.1 Å². The van der Waals surface area contributed by atoms with Crippen LogP contribution in [0.15, 0.2) is 34.7 Å². The van der Waals surface area contributed by atoms with Gasteiger partial charge in [-0.3, -0.25) is 0 Å². The van der Waals surface area contributed by atoms with Gasteiger partial charge in [0.1, 0.15) is 17.3 Å². The van der Waals surface area contributed by atoms with Gasteiger partial charge in [-0.05, 0) is 43.2 Å². The Bertz CT molecular complexity index is 563. The summed E-state index contributed by atoms with van der Waals surface area (Å²) >= 11 is 6.00. The summed E-state index contributed by atoms with van der Waals surface area (Å²) in [6.07, 6.45) is 2.49. The second-order valence-corrected chi connectivity index (χ2v) is 4.95. The predicted molar refractivity (Wildman–Crippen MR) is 69.0 cm³/mol. The second kappa shape index (κ2) is 4.75. The predicted octanol–water partition coefficient (Wildman–Crippen LogP) is 3.99. The van der Waals surface area contributed by atoms with Crippen LogP contribution in [0.5, 0.6) is 0 Å². The third kappa shape index (κ3) is 2.57. The van der Waals surface area contributed by atoms with Crippen LogP contribution in [-0.2, 0) is 6.54 Å². The van der Waals surface area contributed by atoms with Crippen LogP contribution in [0.2, 0.25) is 5.02 Å². The molecule has 0 spiro atoms. The van der Waals surface area contributed by atoms with Crippen LogP contribution in [0.1, 0.15) is 18.6 Å². The first-order valence-corrected chi connectivity index (χ1v) is 6.38. The van der Waals surface area contributed by atoms with Crippen molar-refractivity contribution >= 4 is 11.6 Å². The third-order valence-electron chi connectivity index (χ3n) is 3.00. The Kier molecular flexibility index (Phi) is 3.10. The van der Waals surface area contributed by atoms with Crippen LogP contribution in [0, 0.1) is 5.82 Å². The molecule has 0 atom stereocenters. The van der Waals surface area contributed by atoms with Gasteiger partial charge in [-0.15, -0.1) is 0 Å². The average molecular weight is 266 g/mol. The molecule has 94 valence electrons. The van der Waals surface area contributed by atoms with Gasteiger partial charge in [0.15, 0.2) is 0 Å². The van der Waals surface area contributed by atoms with Gasteiger partial charge in [-0.2, -0.15) is 0 Å². The number of hydrogen-bond acceptors (Lipinski definition) is 2. The molecule has 1 heterocycles. The van der Waals surface area contributed by atoms with Crippen molar-refractivity contribution in [3.05, 3.63) is 46.9 Å². The molecule has 0 saturated heterocycles. The van der Waals surface area contributed by atoms with E-state index in [1.54, 1.807) is 6.07 Å². The van der Waals surface area contributed by atoms with Crippen LogP contribution < -0.4 is 5.32 Å². The van der Waals surface area contributed by atoms with Crippen molar-refractivity contribution in [2.75, 3.05) is 0 Å². The maximum Gasteiger partial charge on any atom is 0.135 e. The van der Waals surface area contributed by atoms with Crippen LogP contribution >= 0.6 is 11.6 Å². The highest BCUT2D eigenvalue weighted by Gasteiger charge is 2.20. The zero-order valence-electron chi connectivity index (χ0n) is 9.75. The molecule has 0 aliphatic heterocycles. The lowest BCUT2D eigenvalue weighted by Crippen LogP contribution is -2.14. The van der Waals surface area contributed by atoms with E-state index in [4.69, 9.17) is 16.0 Å². The molecule has 1 aromatic carbocycles. The Morgan fingerprint density at radius 2 is 2.11 bits per heavy atom. The monoisotopic (exact) mass is 265 g/mol. The minimum Gasteiger partial charge on any atom is -0.460 e. The first kappa shape index (κ1) is 11.8. The fourth-order valence-corrected chi connectivity index (χ4v) is 2.10. The molecule has 1 aromatic heterocycles. The largest absolute Gasteiger partial charge is 0.460 e. The van der Waals surface area contributed by atoms with Gasteiger partial charge in [0.25, 0.3) is 0 Å². The minimum atomic E-state index is -0.342. The van der Waals surface area contributed by atoms with Gasteiger partial charge in [-0.25, -0.2) is 4.39 Å². The average Bonchev–Trinajstić information content (AvgIpc) is 3.05. The number of furan rings is 1. The maximum atomic E-state index is 13.0. The lowest BCUT2D eigenvalue weighted by atomic mass is 10.2. The summed E-state index contributed by atoms with van der Waals surface area (Å²) in [4.78, 5) is 0. The molecular formula is C14H13ClFNO. The normalized spacial score (nSPS) is 15.0. The van der Waals surface area contributed by atoms with E-state index in [2.05, 4.69) is 5.32 Å². The van der Waals surface area contributed by atoms with E-state index in [9.17, 15) is 4.39 Å². The van der Waals surface area contributed by atoms with Gasteiger partial charge in [0.05, 0.1) is 11.6 Å². The molecular weight excluding hydrogens is 253 g/mol. The first-order chi connectivity index (χ1) is 8.72. The molecule has 1 fully saturated rings. The van der Waals surface area contributed by atoms with Crippen molar-refractivity contribution in [1.82, 2.24) is 5.32 Å². The zero-order valence-corrected chi connectivity index (χ0v) is 10.5. The highest BCUT2D eigenvalue weighted by Crippen LogP contribution is 2.30. The van der Waals surface area contributed by atoms with Crippen molar-refractivity contribution in [2.45, 2.75) is 25.4 Å². The summed E-state index contributed by atoms with van der Waals surface area (Å²) in [6.45, 7) is 0.726. The molecule has 0 amide bonds. The van der Waals surface area contributed by atoms with Crippen LogP contribution in [0.3, 0.4) is 0 Å². The Labute approximate surface area is 110 Å². The SMILES string of the molecule is Fc1ccc(-c2ccc(CNC3CC3)o2)c(Cl)c1. The number of hydrogen-bond donors (Lipinski definition) is 1. The summed E-state index contributed by atoms with van der Waals surface area (Å²) in [5.41, 5.74) is 0.718. The molecule has 0 bridgehead atoms. The maximum absolute atomic E-state index is 13.0. The highest BCUT2D eigenvalue weighted by atomic mass is 35.5. The molecule has 1 N–H and O–H groups in total. The first-order valence-electron chi connectivity index (χ1n) is 6.00. The summed E-state index contributed by atoms with van der Waals surface area (Å²) < 4.78 is 18.7. The van der Waals surface area contributed by atoms with Crippen LogP contribution in [0.4, 0.5) is 4.39 Å². The molecule has 2 aromatic rings. The van der Waals surface area contributed by atoms with Crippen molar-refractivity contribution in [3.8, 4) is 11.3 Å². The molecule has 18 heavy (non-hydrogen) atoms. The molecule has 1 aliphatic rings. The van der Waals surface area contributed by atoms with Crippen LogP contribution in [0.25, 0.3) is 11.3 Å². The van der Waals surface area contributed by atoms with E-state index in [1.165, 1.54) is 25.0 Å². The van der Waals surface area contributed by atoms with Crippen LogP contribution in [-0.4, -0.2) is 6.04 Å². The smallest absolute Gasteiger partial charge is 0.135 e. The molecule has 4 heteroatoms. The Hall–Kier alpha value is -1.32. The molecule has 1 aliphatic carbocycles. The fourth-order valence-electron chi connectivity index (χ4n) is 1.84. The summed E-state index contributed by atoms with van der Waals surface area (Å²) in [6, 6.07) is 8.74. The van der Waals surface area contributed by atoms with Gasteiger partial charge < -0.3 is 9.73 Å². The Balaban J connectivity index is 1.78. The third-order valence-corrected chi connectivity index (χ3v) is 3.31. The summed E-state index contributed by atoms with van der Waals surface area (Å²) in [5, 5.41) is 3.74. The number of benzene rings is 1. The van der Waals surface area contributed by atoms with Crippen molar-refractivity contribution in [3.63, 3.8) is 0 Å². The lowest BCUT2D eigenvalue weighted by molar-refractivity contribution is 0.492. The van der Waals surface area contributed by atoms with E-state index in [0.29, 0.717) is 16.8 Å². The van der Waals surface area contributed by atoms with Crippen molar-refractivity contribution in [2.24, 2.45) is 0 Å². The number of halogens is 2. The van der Waals surface area contributed by atoms with E-state index >= 15 is 0 Å². The van der Waals surface area contributed by atoms with Gasteiger partial charge >= 0.3 is 0 Å². The second-order valence-electron chi connectivity index (χ2n) is 4.55. The minimum absolute atomic E-state index is 0.342. The molecule has 2 nitrogen and oxygen atoms in total. The molecule has 1 saturated carbocycles. The number of nitrogens with one attached hydrogen (secondary N) is 1. The van der Waals surface area contributed by atoms with E-state index < -0.39 is 0 Å². The topological polar surface area (TPSA) is 25.2 Å². The van der Waals surface area contributed by atoms with Crippen molar-refractivity contribution < 1.29 is 8.81 Å². The standard InChI is InChI=1S/C14H13ClFNO/c15-13-7-9(16)1-5-12(13)14-6-4-11(18-14)8-17-10-2-3-10/h1,4-7,10,17H,2-3,8H2. The van der Waals surface area contributed by atoms with Gasteiger partial charge in [0, 0.05) is 11.6 Å². The van der Waals surface area contributed by atoms with Gasteiger partial charge in [0.2, 0.25) is 0 Å². The quantitative estimate of drug-likeness (QED) is 0.904. The summed E-state index contributed by atoms with van der Waals surface area (Å²) in [7, 11) is 0. The Morgan fingerprint density at radius 3 is 2.83 bits per heavy atom. The highest BCUT2D eigenvalue weighted by molar-refractivity contribution is 6.33. The zero-order chi connectivity index (χ0) is 12.5. The molecule has 0 unspecified atom stereocenters. The summed E-state index contributed by atoms with van der Waals surface area (Å²) in [5.74, 6) is 1.20. The van der Waals surface area contributed by atoms with Crippen molar-refractivity contribution in [1.29, 1.82) is 0 Å². The number of rotatable bonds is 4.